The Morgan fingerprint density at radius 3 is 2.45 bits per heavy atom. The molecule has 1 aliphatic heterocycles. The fourth-order valence-corrected chi connectivity index (χ4v) is 1.30. The van der Waals surface area contributed by atoms with E-state index in [2.05, 4.69) is 0 Å². The van der Waals surface area contributed by atoms with Crippen LogP contribution in [0.1, 0.15) is 6.92 Å². The Balaban J connectivity index is 2.53. The summed E-state index contributed by atoms with van der Waals surface area (Å²) in [6, 6.07) is 0. The van der Waals surface area contributed by atoms with Gasteiger partial charge < -0.3 is 19.7 Å². The fraction of sp³-hybridized carbons (Fsp3) is 1.00. The molecule has 66 valence electrons. The Morgan fingerprint density at radius 1 is 1.55 bits per heavy atom. The van der Waals surface area contributed by atoms with Crippen molar-refractivity contribution >= 4 is 0 Å². The fourth-order valence-electron chi connectivity index (χ4n) is 1.30. The number of methoxy groups -OCH3 is 1. The van der Waals surface area contributed by atoms with Crippen molar-refractivity contribution in [1.82, 2.24) is 0 Å². The molecule has 1 fully saturated rings. The van der Waals surface area contributed by atoms with Crippen LogP contribution in [0.25, 0.3) is 0 Å². The lowest BCUT2D eigenvalue weighted by atomic mass is 10.0. The molecule has 11 heavy (non-hydrogen) atoms. The van der Waals surface area contributed by atoms with Gasteiger partial charge >= 0.3 is 0 Å². The summed E-state index contributed by atoms with van der Waals surface area (Å²) in [7, 11) is 1.52. The van der Waals surface area contributed by atoms with Crippen LogP contribution in [0, 0.1) is 5.92 Å². The van der Waals surface area contributed by atoms with Crippen molar-refractivity contribution in [2.45, 2.75) is 25.4 Å². The zero-order valence-electron chi connectivity index (χ0n) is 6.73. The molecule has 4 nitrogen and oxygen atoms in total. The van der Waals surface area contributed by atoms with Gasteiger partial charge in [0.15, 0.2) is 6.29 Å². The molecule has 1 rings (SSSR count). The van der Waals surface area contributed by atoms with Gasteiger partial charge in [0.05, 0.1) is 12.7 Å². The Kier molecular flexibility index (Phi) is 2.84. The van der Waals surface area contributed by atoms with Crippen LogP contribution in [0.2, 0.25) is 0 Å². The van der Waals surface area contributed by atoms with Crippen LogP contribution in [-0.2, 0) is 9.47 Å². The summed E-state index contributed by atoms with van der Waals surface area (Å²) in [6.45, 7) is 1.67. The normalized spacial score (nSPS) is 44.7. The van der Waals surface area contributed by atoms with Gasteiger partial charge in [0, 0.05) is 13.0 Å². The minimum absolute atomic E-state index is 0.0721. The first-order valence-corrected chi connectivity index (χ1v) is 3.68. The van der Waals surface area contributed by atoms with Crippen molar-refractivity contribution in [2.75, 3.05) is 13.7 Å². The molecule has 0 spiro atoms. The molecule has 0 aliphatic carbocycles. The van der Waals surface area contributed by atoms with Gasteiger partial charge in [-0.1, -0.05) is 6.92 Å². The van der Waals surface area contributed by atoms with Gasteiger partial charge in [-0.05, 0) is 0 Å². The van der Waals surface area contributed by atoms with E-state index in [1.165, 1.54) is 7.11 Å². The zero-order chi connectivity index (χ0) is 8.43. The third kappa shape index (κ3) is 1.54. The summed E-state index contributed by atoms with van der Waals surface area (Å²) in [5.74, 6) is -0.0721. The molecular weight excluding hydrogens is 148 g/mol. The second-order valence-corrected chi connectivity index (χ2v) is 2.81. The lowest BCUT2D eigenvalue weighted by molar-refractivity contribution is -0.137. The zero-order valence-corrected chi connectivity index (χ0v) is 6.73. The molecule has 4 atom stereocenters. The van der Waals surface area contributed by atoms with Crippen molar-refractivity contribution in [1.29, 1.82) is 0 Å². The van der Waals surface area contributed by atoms with Crippen molar-refractivity contribution in [3.8, 4) is 0 Å². The highest BCUT2D eigenvalue weighted by molar-refractivity contribution is 4.83. The Hall–Kier alpha value is -0.160. The monoisotopic (exact) mass is 162 g/mol. The predicted octanol–water partition coefficient (Wildman–Crippen LogP) is -0.653. The maximum absolute atomic E-state index is 9.39. The molecule has 2 unspecified atom stereocenters. The molecule has 0 aromatic rings. The van der Waals surface area contributed by atoms with E-state index in [1.54, 1.807) is 0 Å². The molecule has 0 aromatic heterocycles. The predicted molar refractivity (Wildman–Crippen MR) is 37.9 cm³/mol. The van der Waals surface area contributed by atoms with E-state index in [1.807, 2.05) is 6.92 Å². The molecule has 1 aliphatic rings. The van der Waals surface area contributed by atoms with E-state index in [0.29, 0.717) is 0 Å². The second kappa shape index (κ2) is 3.49. The highest BCUT2D eigenvalue weighted by Gasteiger charge is 2.40. The van der Waals surface area contributed by atoms with Gasteiger partial charge in [-0.25, -0.2) is 0 Å². The van der Waals surface area contributed by atoms with E-state index in [-0.39, 0.29) is 18.8 Å². The van der Waals surface area contributed by atoms with E-state index in [4.69, 9.17) is 14.6 Å². The first-order valence-electron chi connectivity index (χ1n) is 3.68. The highest BCUT2D eigenvalue weighted by Crippen LogP contribution is 2.26. The molecule has 0 saturated carbocycles. The lowest BCUT2D eigenvalue weighted by Gasteiger charge is -2.12. The van der Waals surface area contributed by atoms with Crippen LogP contribution in [0.3, 0.4) is 0 Å². The number of aliphatic hydroxyl groups is 2. The van der Waals surface area contributed by atoms with Crippen molar-refractivity contribution < 1.29 is 19.7 Å². The first-order chi connectivity index (χ1) is 5.20. The van der Waals surface area contributed by atoms with Gasteiger partial charge in [0.25, 0.3) is 0 Å². The Morgan fingerprint density at radius 2 is 2.18 bits per heavy atom. The largest absolute Gasteiger partial charge is 0.394 e. The summed E-state index contributed by atoms with van der Waals surface area (Å²) in [5, 5.41) is 18.1. The van der Waals surface area contributed by atoms with Crippen molar-refractivity contribution in [2.24, 2.45) is 5.92 Å². The van der Waals surface area contributed by atoms with E-state index in [9.17, 15) is 5.11 Å². The maximum Gasteiger partial charge on any atom is 0.162 e. The molecule has 0 radical (unpaired) electrons. The molecule has 1 heterocycles. The van der Waals surface area contributed by atoms with E-state index >= 15 is 0 Å². The van der Waals surface area contributed by atoms with Crippen LogP contribution in [0.5, 0.6) is 0 Å². The summed E-state index contributed by atoms with van der Waals surface area (Å²) >= 11 is 0. The van der Waals surface area contributed by atoms with Crippen LogP contribution >= 0.6 is 0 Å². The number of hydrogen-bond acceptors (Lipinski definition) is 4. The van der Waals surface area contributed by atoms with Gasteiger partial charge in [0.2, 0.25) is 0 Å². The van der Waals surface area contributed by atoms with Crippen molar-refractivity contribution in [3.05, 3.63) is 0 Å². The smallest absolute Gasteiger partial charge is 0.162 e. The maximum atomic E-state index is 9.39. The van der Waals surface area contributed by atoms with Crippen molar-refractivity contribution in [3.63, 3.8) is 0 Å². The third-order valence-corrected chi connectivity index (χ3v) is 2.07. The van der Waals surface area contributed by atoms with Crippen LogP contribution < -0.4 is 0 Å². The molecule has 4 heteroatoms. The standard InChI is InChI=1S/C7H14O4/c1-4-6(9)5(3-8)11-7(4)10-2/h4-9H,3H2,1-2H3/t4?,5-,6-,7?/m1/s1. The molecular formula is C7H14O4. The topological polar surface area (TPSA) is 58.9 Å². The highest BCUT2D eigenvalue weighted by atomic mass is 16.7. The summed E-state index contributed by atoms with van der Waals surface area (Å²) in [6.07, 6.45) is -1.50. The Bertz CT molecular complexity index is 110. The van der Waals surface area contributed by atoms with E-state index < -0.39 is 12.2 Å². The number of aliphatic hydroxyl groups excluding tert-OH is 2. The number of ether oxygens (including phenoxy) is 2. The Labute approximate surface area is 65.7 Å². The molecule has 0 aromatic carbocycles. The van der Waals surface area contributed by atoms with E-state index in [0.717, 1.165) is 0 Å². The molecule has 0 bridgehead atoms. The van der Waals surface area contributed by atoms with Gasteiger partial charge in [-0.2, -0.15) is 0 Å². The third-order valence-electron chi connectivity index (χ3n) is 2.07. The number of hydrogen-bond donors (Lipinski definition) is 2. The summed E-state index contributed by atoms with van der Waals surface area (Å²) in [5.41, 5.74) is 0. The minimum atomic E-state index is -0.620. The SMILES string of the molecule is COC1O[C@H](CO)[C@H](O)C1C. The summed E-state index contributed by atoms with van der Waals surface area (Å²) in [4.78, 5) is 0. The quantitative estimate of drug-likeness (QED) is 0.566. The molecule has 0 amide bonds. The minimum Gasteiger partial charge on any atom is -0.394 e. The van der Waals surface area contributed by atoms with Gasteiger partial charge in [-0.3, -0.25) is 0 Å². The number of rotatable bonds is 2. The van der Waals surface area contributed by atoms with Crippen LogP contribution in [-0.4, -0.2) is 42.4 Å². The average molecular weight is 162 g/mol. The molecule has 1 saturated heterocycles. The first kappa shape index (κ1) is 8.93. The van der Waals surface area contributed by atoms with Crippen LogP contribution in [0.4, 0.5) is 0 Å². The average Bonchev–Trinajstić information content (AvgIpc) is 2.30. The molecule has 2 N–H and O–H groups in total. The lowest BCUT2D eigenvalue weighted by Crippen LogP contribution is -2.28. The second-order valence-electron chi connectivity index (χ2n) is 2.81. The van der Waals surface area contributed by atoms with Gasteiger partial charge in [0.1, 0.15) is 6.10 Å². The van der Waals surface area contributed by atoms with Gasteiger partial charge in [-0.15, -0.1) is 0 Å². The summed E-state index contributed by atoms with van der Waals surface area (Å²) < 4.78 is 10.1. The van der Waals surface area contributed by atoms with Crippen LogP contribution in [0.15, 0.2) is 0 Å².